The fraction of sp³-hybridized carbons (Fsp3) is 0.333. The normalized spacial score (nSPS) is 23.2. The van der Waals surface area contributed by atoms with Crippen molar-refractivity contribution < 1.29 is 35.8 Å². The van der Waals surface area contributed by atoms with Crippen LogP contribution in [0.4, 0.5) is 5.69 Å². The van der Waals surface area contributed by atoms with Gasteiger partial charge in [-0.15, -0.1) is 0 Å². The van der Waals surface area contributed by atoms with Crippen LogP contribution in [0.2, 0.25) is 0 Å². The molecule has 3 aromatic rings. The number of aryl methyl sites for hydroxylation is 1. The molecule has 0 aliphatic carbocycles. The molecule has 3 heterocycles. The lowest BCUT2D eigenvalue weighted by Crippen LogP contribution is -3.00. The van der Waals surface area contributed by atoms with Crippen LogP contribution in [0.5, 0.6) is 0 Å². The molecule has 6 rings (SSSR count). The lowest BCUT2D eigenvalue weighted by Gasteiger charge is -2.51. The quantitative estimate of drug-likeness (QED) is 0.266. The number of halogens is 1. The van der Waals surface area contributed by atoms with E-state index in [2.05, 4.69) is 5.32 Å². The first-order chi connectivity index (χ1) is 17.0. The average Bonchev–Trinajstić information content (AvgIpc) is 2.89. The van der Waals surface area contributed by atoms with Gasteiger partial charge in [-0.25, -0.2) is 4.79 Å². The standard InChI is InChI=1S/C30H33N2O3.BrH/c1-22-12-14-26(15-13-22)31-29(25-10-6-3-7-11-25)30(34)35-28-21-32(18-16-24(28)17-19-32)20-27(33)23-8-4-2-5-9-23;/h2-15,24,28-29,31H,16-21H2,1H3;1H/q+1;/p-1/t24?,28-,29?,32?;/m0./s1. The van der Waals surface area contributed by atoms with Crippen molar-refractivity contribution in [2.75, 3.05) is 31.5 Å². The molecule has 0 saturated carbocycles. The van der Waals surface area contributed by atoms with Crippen LogP contribution in [0.3, 0.4) is 0 Å². The number of nitrogens with one attached hydrogen (secondary N) is 1. The van der Waals surface area contributed by atoms with E-state index in [9.17, 15) is 9.59 Å². The summed E-state index contributed by atoms with van der Waals surface area (Å²) in [4.78, 5) is 26.6. The summed E-state index contributed by atoms with van der Waals surface area (Å²) in [6.45, 7) is 5.17. The highest BCUT2D eigenvalue weighted by Gasteiger charge is 2.49. The Morgan fingerprint density at radius 2 is 1.53 bits per heavy atom. The number of esters is 1. The Morgan fingerprint density at radius 1 is 0.917 bits per heavy atom. The SMILES string of the molecule is Cc1ccc(NC(C(=O)O[C@H]2C[N+]3(CC(=O)c4ccccc4)CCC2CC3)c2ccccc2)cc1.[Br-]. The number of hydrogen-bond acceptors (Lipinski definition) is 4. The predicted molar refractivity (Wildman–Crippen MR) is 137 cm³/mol. The van der Waals surface area contributed by atoms with Crippen molar-refractivity contribution in [3.63, 3.8) is 0 Å². The molecule has 2 atom stereocenters. The van der Waals surface area contributed by atoms with E-state index < -0.39 is 6.04 Å². The highest BCUT2D eigenvalue weighted by molar-refractivity contribution is 5.97. The molecule has 0 amide bonds. The van der Waals surface area contributed by atoms with Crippen molar-refractivity contribution in [1.29, 1.82) is 0 Å². The Kier molecular flexibility index (Phi) is 8.27. The second kappa shape index (κ2) is 11.4. The van der Waals surface area contributed by atoms with Crippen LogP contribution in [0.1, 0.15) is 40.4 Å². The highest BCUT2D eigenvalue weighted by atomic mass is 79.9. The zero-order valence-electron chi connectivity index (χ0n) is 20.6. The molecule has 3 aliphatic rings. The molecule has 1 unspecified atom stereocenters. The number of ketones is 1. The molecule has 5 nitrogen and oxygen atoms in total. The van der Waals surface area contributed by atoms with Gasteiger partial charge in [0.25, 0.3) is 0 Å². The molecule has 0 aromatic heterocycles. The van der Waals surface area contributed by atoms with Crippen molar-refractivity contribution in [1.82, 2.24) is 0 Å². The number of quaternary nitrogens is 1. The van der Waals surface area contributed by atoms with Gasteiger partial charge in [0.15, 0.2) is 12.1 Å². The summed E-state index contributed by atoms with van der Waals surface area (Å²) in [6.07, 6.45) is 1.81. The number of nitrogens with zero attached hydrogens (tertiary/aromatic N) is 1. The van der Waals surface area contributed by atoms with Gasteiger partial charge in [-0.05, 0) is 24.6 Å². The van der Waals surface area contributed by atoms with E-state index >= 15 is 0 Å². The van der Waals surface area contributed by atoms with Crippen molar-refractivity contribution in [3.8, 4) is 0 Å². The first kappa shape index (κ1) is 26.1. The monoisotopic (exact) mass is 548 g/mol. The largest absolute Gasteiger partial charge is 1.00 e. The van der Waals surface area contributed by atoms with Crippen molar-refractivity contribution in [2.24, 2.45) is 5.92 Å². The smallest absolute Gasteiger partial charge is 0.333 e. The van der Waals surface area contributed by atoms with E-state index in [0.717, 1.165) is 42.7 Å². The van der Waals surface area contributed by atoms with Crippen LogP contribution in [0.15, 0.2) is 84.9 Å². The molecule has 6 heteroatoms. The summed E-state index contributed by atoms with van der Waals surface area (Å²) in [7, 11) is 0. The van der Waals surface area contributed by atoms with Gasteiger partial charge < -0.3 is 31.5 Å². The van der Waals surface area contributed by atoms with Gasteiger partial charge in [-0.3, -0.25) is 4.79 Å². The van der Waals surface area contributed by atoms with Gasteiger partial charge in [0, 0.05) is 30.0 Å². The summed E-state index contributed by atoms with van der Waals surface area (Å²) < 4.78 is 6.93. The molecule has 0 radical (unpaired) electrons. The first-order valence-corrected chi connectivity index (χ1v) is 12.5. The third-order valence-electron chi connectivity index (χ3n) is 7.61. The summed E-state index contributed by atoms with van der Waals surface area (Å²) in [5.41, 5.74) is 3.68. The number of Topliss-reactive ketones (excluding diaryl/α,β-unsaturated/α-hetero) is 1. The molecular formula is C30H33BrN2O3. The van der Waals surface area contributed by atoms with Gasteiger partial charge >= 0.3 is 5.97 Å². The van der Waals surface area contributed by atoms with E-state index in [1.54, 1.807) is 0 Å². The van der Waals surface area contributed by atoms with Crippen molar-refractivity contribution >= 4 is 17.4 Å². The zero-order valence-corrected chi connectivity index (χ0v) is 22.2. The van der Waals surface area contributed by atoms with Crippen LogP contribution in [0, 0.1) is 12.8 Å². The lowest BCUT2D eigenvalue weighted by atomic mass is 9.82. The lowest BCUT2D eigenvalue weighted by molar-refractivity contribution is -0.938. The van der Waals surface area contributed by atoms with Crippen LogP contribution in [0.25, 0.3) is 0 Å². The second-order valence-electron chi connectivity index (χ2n) is 10.1. The third kappa shape index (κ3) is 5.88. The Balaban J connectivity index is 0.00000304. The fourth-order valence-corrected chi connectivity index (χ4v) is 5.55. The van der Waals surface area contributed by atoms with E-state index in [1.807, 2.05) is 91.9 Å². The molecule has 3 aromatic carbocycles. The molecule has 3 saturated heterocycles. The summed E-state index contributed by atoms with van der Waals surface area (Å²) in [5.74, 6) is 0.267. The summed E-state index contributed by atoms with van der Waals surface area (Å²) >= 11 is 0. The van der Waals surface area contributed by atoms with Gasteiger partial charge in [0.05, 0.1) is 13.1 Å². The number of piperidine rings is 3. The molecule has 188 valence electrons. The van der Waals surface area contributed by atoms with E-state index in [0.29, 0.717) is 23.5 Å². The fourth-order valence-electron chi connectivity index (χ4n) is 5.55. The number of carbonyl (C=O) groups is 2. The number of carbonyl (C=O) groups excluding carboxylic acids is 2. The number of anilines is 1. The predicted octanol–water partition coefficient (Wildman–Crippen LogP) is 2.19. The number of ether oxygens (including phenoxy) is 1. The maximum atomic E-state index is 13.5. The minimum Gasteiger partial charge on any atom is -1.00 e. The zero-order chi connectivity index (χ0) is 24.3. The van der Waals surface area contributed by atoms with Crippen molar-refractivity contribution in [3.05, 3.63) is 102 Å². The third-order valence-corrected chi connectivity index (χ3v) is 7.61. The molecule has 2 bridgehead atoms. The molecular weight excluding hydrogens is 516 g/mol. The van der Waals surface area contributed by atoms with E-state index in [1.165, 1.54) is 5.56 Å². The first-order valence-electron chi connectivity index (χ1n) is 12.5. The second-order valence-corrected chi connectivity index (χ2v) is 10.1. The molecule has 1 N–H and O–H groups in total. The van der Waals surface area contributed by atoms with Crippen LogP contribution in [-0.4, -0.2) is 48.5 Å². The molecule has 3 aliphatic heterocycles. The number of benzene rings is 3. The molecule has 36 heavy (non-hydrogen) atoms. The van der Waals surface area contributed by atoms with Gasteiger partial charge in [0.2, 0.25) is 5.78 Å². The van der Waals surface area contributed by atoms with Gasteiger partial charge in [0.1, 0.15) is 13.1 Å². The average molecular weight is 550 g/mol. The van der Waals surface area contributed by atoms with Crippen molar-refractivity contribution in [2.45, 2.75) is 31.9 Å². The van der Waals surface area contributed by atoms with E-state index in [4.69, 9.17) is 4.74 Å². The topological polar surface area (TPSA) is 55.4 Å². The van der Waals surface area contributed by atoms with Gasteiger partial charge in [-0.2, -0.15) is 0 Å². The highest BCUT2D eigenvalue weighted by Crippen LogP contribution is 2.36. The Bertz CT molecular complexity index is 1160. The summed E-state index contributed by atoms with van der Waals surface area (Å²) in [6, 6.07) is 26.7. The van der Waals surface area contributed by atoms with Crippen LogP contribution in [-0.2, 0) is 9.53 Å². The minimum atomic E-state index is -0.589. The summed E-state index contributed by atoms with van der Waals surface area (Å²) in [5, 5.41) is 3.39. The molecule has 0 spiro atoms. The Morgan fingerprint density at radius 3 is 2.17 bits per heavy atom. The Labute approximate surface area is 223 Å². The molecule has 3 fully saturated rings. The van der Waals surface area contributed by atoms with Crippen LogP contribution < -0.4 is 22.3 Å². The van der Waals surface area contributed by atoms with Crippen LogP contribution >= 0.6 is 0 Å². The number of hydrogen-bond donors (Lipinski definition) is 1. The minimum absolute atomic E-state index is 0. The number of rotatable bonds is 8. The van der Waals surface area contributed by atoms with Gasteiger partial charge in [-0.1, -0.05) is 78.4 Å². The maximum absolute atomic E-state index is 13.5. The number of fused-ring (bicyclic) bond motifs is 3. The van der Waals surface area contributed by atoms with E-state index in [-0.39, 0.29) is 34.8 Å². The Hall–Kier alpha value is -2.96. The maximum Gasteiger partial charge on any atom is 0.333 e.